The molecule has 2 amide bonds. The summed E-state index contributed by atoms with van der Waals surface area (Å²) < 4.78 is 0. The average Bonchev–Trinajstić information content (AvgIpc) is 3.41. The van der Waals surface area contributed by atoms with Gasteiger partial charge in [-0.3, -0.25) is 19.6 Å². The van der Waals surface area contributed by atoms with Crippen molar-refractivity contribution in [2.45, 2.75) is 12.8 Å². The number of amides is 2. The number of carbonyl (C=O) groups is 2. The molecule has 1 N–H and O–H groups in total. The molecular formula is C20H24ClN5O2. The standard InChI is InChI=1S/C20H24ClN5O2/c21-16-5-3-15(4-6-16)17-13-18(23-22-17)20(28)26-11-9-24(10-12-26)14-19(27)25-7-1-2-8-25/h3-6,13H,1-2,7-12,14H2,(H,22,23). The van der Waals surface area contributed by atoms with Crippen molar-refractivity contribution in [3.63, 3.8) is 0 Å². The van der Waals surface area contributed by atoms with E-state index in [4.69, 9.17) is 11.6 Å². The van der Waals surface area contributed by atoms with E-state index in [1.54, 1.807) is 18.2 Å². The van der Waals surface area contributed by atoms with Crippen LogP contribution in [0.15, 0.2) is 30.3 Å². The van der Waals surface area contributed by atoms with Crippen molar-refractivity contribution in [3.05, 3.63) is 41.0 Å². The first-order valence-corrected chi connectivity index (χ1v) is 10.1. The van der Waals surface area contributed by atoms with Gasteiger partial charge >= 0.3 is 0 Å². The van der Waals surface area contributed by atoms with Crippen molar-refractivity contribution in [1.29, 1.82) is 0 Å². The molecule has 0 atom stereocenters. The highest BCUT2D eigenvalue weighted by Crippen LogP contribution is 2.21. The number of likely N-dealkylation sites (tertiary alicyclic amines) is 1. The van der Waals surface area contributed by atoms with Crippen molar-refractivity contribution >= 4 is 23.4 Å². The maximum Gasteiger partial charge on any atom is 0.271 e. The quantitative estimate of drug-likeness (QED) is 0.851. The van der Waals surface area contributed by atoms with Crippen LogP contribution >= 0.6 is 11.6 Å². The molecule has 7 nitrogen and oxygen atoms in total. The number of nitrogens with zero attached hydrogens (tertiary/aromatic N) is 4. The van der Waals surface area contributed by atoms with E-state index in [1.165, 1.54) is 0 Å². The molecule has 0 spiro atoms. The molecule has 8 heteroatoms. The fourth-order valence-corrected chi connectivity index (χ4v) is 3.86. The fraction of sp³-hybridized carbons (Fsp3) is 0.450. The number of piperazine rings is 1. The van der Waals surface area contributed by atoms with Crippen LogP contribution in [0.5, 0.6) is 0 Å². The third-order valence-electron chi connectivity index (χ3n) is 5.43. The number of aromatic nitrogens is 2. The third-order valence-corrected chi connectivity index (χ3v) is 5.68. The Morgan fingerprint density at radius 1 is 0.964 bits per heavy atom. The topological polar surface area (TPSA) is 72.5 Å². The largest absolute Gasteiger partial charge is 0.342 e. The van der Waals surface area contributed by atoms with Gasteiger partial charge in [-0.05, 0) is 31.0 Å². The van der Waals surface area contributed by atoms with Gasteiger partial charge in [0.2, 0.25) is 5.91 Å². The molecule has 2 aliphatic rings. The van der Waals surface area contributed by atoms with E-state index in [0.29, 0.717) is 43.4 Å². The summed E-state index contributed by atoms with van der Waals surface area (Å²) in [5.41, 5.74) is 2.10. The Bertz CT molecular complexity index is 837. The number of H-pyrrole nitrogens is 1. The van der Waals surface area contributed by atoms with E-state index in [2.05, 4.69) is 15.1 Å². The second-order valence-corrected chi connectivity index (χ2v) is 7.77. The maximum atomic E-state index is 12.8. The van der Waals surface area contributed by atoms with Gasteiger partial charge in [0.1, 0.15) is 5.69 Å². The van der Waals surface area contributed by atoms with Crippen molar-refractivity contribution < 1.29 is 9.59 Å². The molecule has 2 aliphatic heterocycles. The minimum absolute atomic E-state index is 0.0572. The first kappa shape index (κ1) is 19.0. The van der Waals surface area contributed by atoms with Gasteiger partial charge in [-0.25, -0.2) is 0 Å². The Kier molecular flexibility index (Phi) is 5.64. The lowest BCUT2D eigenvalue weighted by Gasteiger charge is -2.34. The summed E-state index contributed by atoms with van der Waals surface area (Å²) in [5, 5.41) is 7.77. The first-order chi connectivity index (χ1) is 13.6. The van der Waals surface area contributed by atoms with Gasteiger partial charge in [-0.2, -0.15) is 5.10 Å². The molecule has 4 rings (SSSR count). The lowest BCUT2D eigenvalue weighted by Crippen LogP contribution is -2.51. The Morgan fingerprint density at radius 2 is 1.64 bits per heavy atom. The summed E-state index contributed by atoms with van der Waals surface area (Å²) in [6, 6.07) is 9.13. The lowest BCUT2D eigenvalue weighted by atomic mass is 10.1. The number of nitrogens with one attached hydrogen (secondary N) is 1. The zero-order chi connectivity index (χ0) is 19.5. The summed E-state index contributed by atoms with van der Waals surface area (Å²) in [7, 11) is 0. The second-order valence-electron chi connectivity index (χ2n) is 7.33. The fourth-order valence-electron chi connectivity index (χ4n) is 3.74. The molecule has 1 aromatic heterocycles. The maximum absolute atomic E-state index is 12.8. The van der Waals surface area contributed by atoms with Gasteiger partial charge in [0.15, 0.2) is 0 Å². The van der Waals surface area contributed by atoms with Gasteiger partial charge in [0.25, 0.3) is 5.91 Å². The molecule has 148 valence electrons. The summed E-state index contributed by atoms with van der Waals surface area (Å²) >= 11 is 5.92. The SMILES string of the molecule is O=C(CN1CCN(C(=O)c2cc(-c3ccc(Cl)cc3)n[nH]2)CC1)N1CCCC1. The average molecular weight is 402 g/mol. The minimum atomic E-state index is -0.0572. The summed E-state index contributed by atoms with van der Waals surface area (Å²) in [5.74, 6) is 0.150. The van der Waals surface area contributed by atoms with Crippen LogP contribution in [0.1, 0.15) is 23.3 Å². The molecule has 0 radical (unpaired) electrons. The lowest BCUT2D eigenvalue weighted by molar-refractivity contribution is -0.131. The van der Waals surface area contributed by atoms with Crippen LogP contribution in [0.3, 0.4) is 0 Å². The molecule has 2 saturated heterocycles. The predicted octanol–water partition coefficient (Wildman–Crippen LogP) is 2.11. The molecule has 1 aromatic carbocycles. The normalized spacial score (nSPS) is 17.9. The monoisotopic (exact) mass is 401 g/mol. The number of halogens is 1. The number of hydrogen-bond donors (Lipinski definition) is 1. The number of benzene rings is 1. The van der Waals surface area contributed by atoms with Crippen LogP contribution in [0, 0.1) is 0 Å². The molecule has 0 aliphatic carbocycles. The zero-order valence-electron chi connectivity index (χ0n) is 15.7. The molecule has 28 heavy (non-hydrogen) atoms. The number of carbonyl (C=O) groups excluding carboxylic acids is 2. The highest BCUT2D eigenvalue weighted by Gasteiger charge is 2.26. The molecule has 2 fully saturated rings. The first-order valence-electron chi connectivity index (χ1n) is 9.71. The van der Waals surface area contributed by atoms with E-state index >= 15 is 0 Å². The summed E-state index contributed by atoms with van der Waals surface area (Å²) in [4.78, 5) is 31.0. The Labute approximate surface area is 169 Å². The summed E-state index contributed by atoms with van der Waals surface area (Å²) in [6.07, 6.45) is 2.21. The minimum Gasteiger partial charge on any atom is -0.342 e. The molecule has 0 unspecified atom stereocenters. The van der Waals surface area contributed by atoms with Crippen molar-refractivity contribution in [2.75, 3.05) is 45.8 Å². The van der Waals surface area contributed by atoms with E-state index < -0.39 is 0 Å². The van der Waals surface area contributed by atoms with Gasteiger partial charge in [-0.1, -0.05) is 23.7 Å². The van der Waals surface area contributed by atoms with Crippen LogP contribution in [0.25, 0.3) is 11.3 Å². The molecule has 0 saturated carbocycles. The van der Waals surface area contributed by atoms with Crippen LogP contribution in [0.4, 0.5) is 0 Å². The van der Waals surface area contributed by atoms with Gasteiger partial charge < -0.3 is 9.80 Å². The smallest absolute Gasteiger partial charge is 0.271 e. The van der Waals surface area contributed by atoms with Crippen LogP contribution in [-0.2, 0) is 4.79 Å². The zero-order valence-corrected chi connectivity index (χ0v) is 16.5. The third kappa shape index (κ3) is 4.20. The highest BCUT2D eigenvalue weighted by atomic mass is 35.5. The Hall–Kier alpha value is -2.38. The van der Waals surface area contributed by atoms with Crippen LogP contribution in [0.2, 0.25) is 5.02 Å². The van der Waals surface area contributed by atoms with E-state index in [0.717, 1.165) is 37.2 Å². The summed E-state index contributed by atoms with van der Waals surface area (Å²) in [6.45, 7) is 4.86. The van der Waals surface area contributed by atoms with Crippen LogP contribution < -0.4 is 0 Å². The molecule has 3 heterocycles. The Morgan fingerprint density at radius 3 is 2.32 bits per heavy atom. The van der Waals surface area contributed by atoms with Gasteiger partial charge in [0.05, 0.1) is 12.2 Å². The van der Waals surface area contributed by atoms with Gasteiger partial charge in [0, 0.05) is 49.9 Å². The Balaban J connectivity index is 1.31. The van der Waals surface area contributed by atoms with E-state index in [9.17, 15) is 9.59 Å². The van der Waals surface area contributed by atoms with Crippen LogP contribution in [-0.4, -0.2) is 82.5 Å². The molecular weight excluding hydrogens is 378 g/mol. The highest BCUT2D eigenvalue weighted by molar-refractivity contribution is 6.30. The number of rotatable bonds is 4. The van der Waals surface area contributed by atoms with E-state index in [1.807, 2.05) is 21.9 Å². The number of hydrogen-bond acceptors (Lipinski definition) is 4. The van der Waals surface area contributed by atoms with Crippen molar-refractivity contribution in [1.82, 2.24) is 24.9 Å². The van der Waals surface area contributed by atoms with Crippen molar-refractivity contribution in [3.8, 4) is 11.3 Å². The van der Waals surface area contributed by atoms with Gasteiger partial charge in [-0.15, -0.1) is 0 Å². The molecule has 0 bridgehead atoms. The number of aromatic amines is 1. The van der Waals surface area contributed by atoms with E-state index in [-0.39, 0.29) is 11.8 Å². The second kappa shape index (κ2) is 8.32. The predicted molar refractivity (Wildman–Crippen MR) is 107 cm³/mol. The van der Waals surface area contributed by atoms with Crippen molar-refractivity contribution in [2.24, 2.45) is 0 Å². The molecule has 2 aromatic rings.